The Morgan fingerprint density at radius 1 is 0.406 bits per heavy atom. The van der Waals surface area contributed by atoms with Crippen LogP contribution >= 0.6 is 0 Å². The van der Waals surface area contributed by atoms with Gasteiger partial charge in [0.2, 0.25) is 0 Å². The smallest absolute Gasteiger partial charge is 0.870 e. The van der Waals surface area contributed by atoms with E-state index < -0.39 is 179 Å². The van der Waals surface area contributed by atoms with Crippen LogP contribution in [0.2, 0.25) is 0 Å². The van der Waals surface area contributed by atoms with Crippen LogP contribution in [0.4, 0.5) is 38.4 Å². The van der Waals surface area contributed by atoms with Gasteiger partial charge in [-0.3, -0.25) is 34.2 Å². The van der Waals surface area contributed by atoms with E-state index in [0.717, 1.165) is 20.9 Å². The van der Waals surface area contributed by atoms with Crippen molar-refractivity contribution in [3.8, 4) is 0 Å². The molecule has 128 heavy (non-hydrogen) atoms. The van der Waals surface area contributed by atoms with E-state index in [9.17, 15) is 82.1 Å². The molecule has 6 heterocycles. The van der Waals surface area contributed by atoms with Gasteiger partial charge in [-0.2, -0.15) is 0 Å². The zero-order chi connectivity index (χ0) is 95.7. The van der Waals surface area contributed by atoms with Crippen LogP contribution in [0.25, 0.3) is 10.4 Å². The van der Waals surface area contributed by atoms with Crippen molar-refractivity contribution in [2.75, 3.05) is 65.7 Å². The summed E-state index contributed by atoms with van der Waals surface area (Å²) in [6.45, 7) is 42.4. The Hall–Kier alpha value is -11.1. The van der Waals surface area contributed by atoms with E-state index in [0.29, 0.717) is 51.7 Å². The van der Waals surface area contributed by atoms with E-state index in [1.807, 2.05) is 67.6 Å². The predicted molar refractivity (Wildman–Crippen MR) is 452 cm³/mol. The topological polar surface area (TPSA) is 550 Å². The number of esters is 4. The first-order valence-electron chi connectivity index (χ1n) is 41.7. The molecule has 0 aliphatic carbocycles. The normalized spacial score (nSPS) is 21.0. The van der Waals surface area contributed by atoms with Crippen LogP contribution in [0.3, 0.4) is 0 Å². The van der Waals surface area contributed by atoms with Gasteiger partial charge in [0.25, 0.3) is 0 Å². The molecule has 0 radical (unpaired) electrons. The van der Waals surface area contributed by atoms with Gasteiger partial charge in [0.1, 0.15) is 58.9 Å². The van der Waals surface area contributed by atoms with Crippen LogP contribution < -0.4 is 29.5 Å². The number of carbonyl (C=O) groups excluding carboxylic acids is 13. The molecule has 8 amide bonds. The number of amides is 8. The Morgan fingerprint density at radius 3 is 1.06 bits per heavy atom. The molecule has 0 saturated carbocycles. The summed E-state index contributed by atoms with van der Waals surface area (Å²) >= 11 is 0. The summed E-state index contributed by atoms with van der Waals surface area (Å²) in [5, 5.41) is 37.1. The number of carboxylic acids is 2. The second kappa shape index (κ2) is 52.4. The number of nitrogens with zero attached hydrogens (tertiary/aromatic N) is 9. The molecule has 6 fully saturated rings. The largest absolute Gasteiger partial charge is 1.00 e. The first-order valence-corrected chi connectivity index (χ1v) is 41.7. The molecule has 42 nitrogen and oxygen atoms in total. The molecule has 714 valence electrons. The molecule has 0 bridgehead atoms. The zero-order valence-corrected chi connectivity index (χ0v) is 78.2. The number of aliphatic hydroxyl groups excluding tert-OH is 1. The summed E-state index contributed by atoms with van der Waals surface area (Å²) in [7, 11) is 0. The van der Waals surface area contributed by atoms with Gasteiger partial charge in [0, 0.05) is 50.6 Å². The number of hydrogen-bond donors (Lipinski definition) is 5. The van der Waals surface area contributed by atoms with Crippen molar-refractivity contribution in [2.24, 2.45) is 11.0 Å². The maximum absolute atomic E-state index is 12.5. The average molecular weight is 1810 g/mol. The fourth-order valence-electron chi connectivity index (χ4n) is 12.9. The van der Waals surface area contributed by atoms with Crippen LogP contribution in [0.1, 0.15) is 209 Å². The third-order valence-corrected chi connectivity index (χ3v) is 18.0. The van der Waals surface area contributed by atoms with Gasteiger partial charge in [-0.15, -0.1) is 0 Å². The Morgan fingerprint density at radius 2 is 0.703 bits per heavy atom. The number of benzene rings is 2. The third-order valence-electron chi connectivity index (χ3n) is 18.0. The quantitative estimate of drug-likeness (QED) is 0.0190. The summed E-state index contributed by atoms with van der Waals surface area (Å²) in [6.07, 6.45) is -3.70. The van der Waals surface area contributed by atoms with E-state index in [1.54, 1.807) is 152 Å². The SMILES string of the molecule is CC(C)(C)OC(=O)N1CC[C@@H](NC(=O)OCc2ccccc2)[C@@H]1C(=O)O.CCOC(=O)C1C(=O)CCN1C(=O)OC(C)(C)C.CCOC(=O)[C@H]1[C@@H](O)CCN1C(=O)OC(C)(C)C.CCOC(=O)[C@H]1[C@H](N=[N+]=[N-])CCN1C(=O)OC(C)(C)C.CCOC(=O)[C@H]1[C@H](NC(=O)OCc2ccccc2)CCN1C(=O)OC(C)(C)C.C[C@@H]1CCN(C(=O)OC(C)(C)C)[C@H]1C(=O)O.[Li+].[OH-]. The third kappa shape index (κ3) is 39.7. The molecule has 1 unspecified atom stereocenters. The van der Waals surface area contributed by atoms with E-state index in [4.69, 9.17) is 67.5 Å². The molecule has 43 heteroatoms. The second-order valence-corrected chi connectivity index (χ2v) is 35.5. The number of alkyl carbamates (subject to hydrolysis) is 2. The van der Waals surface area contributed by atoms with E-state index in [-0.39, 0.29) is 102 Å². The average Bonchev–Trinajstić information content (AvgIpc) is 1.68. The fourth-order valence-corrected chi connectivity index (χ4v) is 12.9. The fraction of sp³-hybridized carbons (Fsp3) is 0.682. The Bertz CT molecular complexity index is 4040. The molecule has 11 atom stereocenters. The molecule has 0 aromatic heterocycles. The summed E-state index contributed by atoms with van der Waals surface area (Å²) in [5.41, 5.74) is 6.22. The monoisotopic (exact) mass is 1810 g/mol. The minimum absolute atomic E-state index is 0. The number of nitrogens with one attached hydrogen (secondary N) is 2. The molecule has 6 N–H and O–H groups in total. The van der Waals surface area contributed by atoms with Crippen molar-refractivity contribution < 1.29 is 168 Å². The maximum Gasteiger partial charge on any atom is 1.00 e. The summed E-state index contributed by atoms with van der Waals surface area (Å²) < 4.78 is 61.4. The van der Waals surface area contributed by atoms with Crippen LogP contribution in [0.5, 0.6) is 0 Å². The van der Waals surface area contributed by atoms with Crippen LogP contribution in [-0.2, 0) is 104 Å². The second-order valence-electron chi connectivity index (χ2n) is 35.5. The van der Waals surface area contributed by atoms with E-state index >= 15 is 0 Å². The Balaban J connectivity index is 0.000000774. The minimum atomic E-state index is -1.21. The van der Waals surface area contributed by atoms with Crippen molar-refractivity contribution in [1.82, 2.24) is 40.0 Å². The number of ketones is 1. The molecular weight excluding hydrogens is 1680 g/mol. The number of likely N-dealkylation sites (tertiary alicyclic amines) is 6. The Labute approximate surface area is 759 Å². The molecule has 2 aromatic carbocycles. The van der Waals surface area contributed by atoms with Gasteiger partial charge in [0.15, 0.2) is 30.0 Å². The number of aliphatic carboxylic acids is 2. The number of carbonyl (C=O) groups is 15. The van der Waals surface area contributed by atoms with Gasteiger partial charge >= 0.3 is 103 Å². The number of aliphatic hydroxyl groups is 1. The van der Waals surface area contributed by atoms with Crippen molar-refractivity contribution in [3.63, 3.8) is 0 Å². The van der Waals surface area contributed by atoms with E-state index in [1.165, 1.54) is 19.6 Å². The van der Waals surface area contributed by atoms with Crippen molar-refractivity contribution in [2.45, 2.75) is 305 Å². The van der Waals surface area contributed by atoms with Crippen LogP contribution in [-0.4, -0.2) is 300 Å². The van der Waals surface area contributed by atoms with E-state index in [2.05, 4.69) is 20.7 Å². The first-order chi connectivity index (χ1) is 58.4. The van der Waals surface area contributed by atoms with Crippen molar-refractivity contribution in [3.05, 3.63) is 82.2 Å². The van der Waals surface area contributed by atoms with Crippen molar-refractivity contribution in [1.29, 1.82) is 0 Å². The standard InChI is InChI=1S/C20H28N2O6.C18H24N2O6.C12H20N4O4.C12H21NO5.C12H19NO5.C11H19NO4.Li.H2O/c1-5-26-17(23)16-15(11-12-22(16)19(25)28-20(2,3)4)21-18(24)27-13-14-9-7-6-8-10-14;1-18(2,3)26-17(24)20-10-9-13(14(20)15(21)22)19-16(23)25-11-12-7-5-4-6-8-12;1-5-19-10(17)9-8(14-15-13)6-7-16(9)11(18)20-12(2,3)4;2*1-5-17-10(15)9-8(14)6-7-13(9)11(16)18-12(2,3)4;1-7-5-6-12(8(7)9(13)14)10(15)16-11(2,3)4;;/h6-10,15-16H,5,11-13H2,1-4H3,(H,21,24);4-8,13-14H,9-11H2,1-3H3,(H,19,23)(H,21,22);8-9H,5-7H2,1-4H3;8-9,14H,5-7H2,1-4H3;9H,5-7H2,1-4H3;7-8H,5-6H2,1-4H3,(H,13,14);;1H2/q;;;;;;+1;/p-1/t15-,16-;13-,14-;8-,9-;8-,9+;;7-,8-;;/m1110.1../s1. The van der Waals surface area contributed by atoms with Crippen LogP contribution in [0, 0.1) is 5.92 Å². The van der Waals surface area contributed by atoms with Crippen LogP contribution in [0.15, 0.2) is 65.8 Å². The molecule has 2 aromatic rings. The maximum atomic E-state index is 12.5. The molecule has 8 rings (SSSR count). The summed E-state index contributed by atoms with van der Waals surface area (Å²) in [4.78, 5) is 189. The summed E-state index contributed by atoms with van der Waals surface area (Å²) in [6, 6.07) is 10.5. The summed E-state index contributed by atoms with van der Waals surface area (Å²) in [5.74, 6) is -4.94. The number of hydrogen-bond acceptors (Lipinski definition) is 30. The number of azide groups is 1. The van der Waals surface area contributed by atoms with Gasteiger partial charge in [-0.25, -0.2) is 67.1 Å². The van der Waals surface area contributed by atoms with Crippen molar-refractivity contribution >= 4 is 90.3 Å². The number of rotatable bonds is 17. The minimum Gasteiger partial charge on any atom is -0.870 e. The van der Waals surface area contributed by atoms with Gasteiger partial charge in [-0.1, -0.05) is 72.7 Å². The molecular formula is C85H132LiN11O31. The van der Waals surface area contributed by atoms with Gasteiger partial charge < -0.3 is 88.3 Å². The molecule has 6 aliphatic heterocycles. The number of carboxylic acid groups (broad SMARTS) is 2. The zero-order valence-electron chi connectivity index (χ0n) is 78.2. The molecule has 6 saturated heterocycles. The molecule has 0 spiro atoms. The number of Topliss-reactive ketones (excluding diaryl/α,β-unsaturated/α-hetero) is 1. The predicted octanol–water partition coefficient (Wildman–Crippen LogP) is 8.06. The first kappa shape index (κ1) is 115. The number of ether oxygens (including phenoxy) is 12. The molecule has 6 aliphatic rings. The van der Waals surface area contributed by atoms with Gasteiger partial charge in [-0.05, 0) is 207 Å². The Kier molecular flexibility index (Phi) is 47.0. The van der Waals surface area contributed by atoms with Gasteiger partial charge in [0.05, 0.1) is 50.7 Å².